The molecule has 1 aromatic carbocycles. The second-order valence-electron chi connectivity index (χ2n) is 7.96. The van der Waals surface area contributed by atoms with Crippen molar-refractivity contribution in [2.45, 2.75) is 44.9 Å². The Hall–Kier alpha value is -2.56. The Balaban J connectivity index is 1.52. The van der Waals surface area contributed by atoms with E-state index in [0.717, 1.165) is 11.3 Å². The van der Waals surface area contributed by atoms with E-state index in [2.05, 4.69) is 15.5 Å². The number of amides is 1. The minimum atomic E-state index is -3.75. The highest BCUT2D eigenvalue weighted by atomic mass is 32.2. The average molecular weight is 475 g/mol. The molecule has 2 aromatic heterocycles. The molecule has 1 aliphatic rings. The van der Waals surface area contributed by atoms with Crippen LogP contribution in [0.4, 0.5) is 5.69 Å². The predicted molar refractivity (Wildman–Crippen MR) is 123 cm³/mol. The summed E-state index contributed by atoms with van der Waals surface area (Å²) >= 11 is 1.32. The fraction of sp³-hybridized carbons (Fsp3) is 0.409. The second-order valence-corrected chi connectivity index (χ2v) is 11.1. The number of hydrogen-bond acceptors (Lipinski definition) is 7. The van der Waals surface area contributed by atoms with E-state index >= 15 is 0 Å². The molecule has 1 atom stereocenters. The lowest BCUT2D eigenvalue weighted by molar-refractivity contribution is -0.120. The SMILES string of the molecule is CCc1nc(-c2cc(S(=O)(=O)N3CCCC(C(=O)Nc4cccc(C)c4)C3)c(C)s2)no1. The van der Waals surface area contributed by atoms with E-state index in [9.17, 15) is 13.2 Å². The Morgan fingerprint density at radius 2 is 2.12 bits per heavy atom. The Bertz CT molecular complexity index is 1230. The predicted octanol–water partition coefficient (Wildman–Crippen LogP) is 4.02. The third-order valence-corrected chi connectivity index (χ3v) is 8.69. The van der Waals surface area contributed by atoms with Gasteiger partial charge in [-0.05, 0) is 50.5 Å². The summed E-state index contributed by atoms with van der Waals surface area (Å²) in [5, 5.41) is 6.87. The zero-order valence-corrected chi connectivity index (χ0v) is 19.9. The number of rotatable bonds is 6. The van der Waals surface area contributed by atoms with Crippen LogP contribution in [0.25, 0.3) is 10.7 Å². The lowest BCUT2D eigenvalue weighted by atomic mass is 9.98. The maximum absolute atomic E-state index is 13.4. The van der Waals surface area contributed by atoms with Gasteiger partial charge in [-0.2, -0.15) is 9.29 Å². The molecular weight excluding hydrogens is 448 g/mol. The van der Waals surface area contributed by atoms with Crippen LogP contribution in [0.1, 0.15) is 36.1 Å². The quantitative estimate of drug-likeness (QED) is 0.579. The van der Waals surface area contributed by atoms with E-state index in [4.69, 9.17) is 4.52 Å². The summed E-state index contributed by atoms with van der Waals surface area (Å²) < 4.78 is 33.4. The zero-order chi connectivity index (χ0) is 22.9. The van der Waals surface area contributed by atoms with E-state index in [1.807, 2.05) is 38.1 Å². The Morgan fingerprint density at radius 3 is 2.84 bits per heavy atom. The molecule has 1 amide bonds. The van der Waals surface area contributed by atoms with E-state index in [-0.39, 0.29) is 17.3 Å². The van der Waals surface area contributed by atoms with Gasteiger partial charge in [0.1, 0.15) is 0 Å². The number of aryl methyl sites for hydroxylation is 3. The fourth-order valence-electron chi connectivity index (χ4n) is 3.81. The summed E-state index contributed by atoms with van der Waals surface area (Å²) in [6, 6.07) is 9.18. The molecule has 0 bridgehead atoms. The first kappa shape index (κ1) is 22.6. The number of anilines is 1. The summed E-state index contributed by atoms with van der Waals surface area (Å²) in [6.07, 6.45) is 1.90. The van der Waals surface area contributed by atoms with E-state index in [0.29, 0.717) is 47.3 Å². The first-order valence-electron chi connectivity index (χ1n) is 10.6. The number of piperidine rings is 1. The molecule has 170 valence electrons. The highest BCUT2D eigenvalue weighted by Crippen LogP contribution is 2.35. The van der Waals surface area contributed by atoms with E-state index in [1.54, 1.807) is 13.0 Å². The lowest BCUT2D eigenvalue weighted by Gasteiger charge is -2.31. The highest BCUT2D eigenvalue weighted by molar-refractivity contribution is 7.89. The van der Waals surface area contributed by atoms with Gasteiger partial charge in [0.05, 0.1) is 15.7 Å². The summed E-state index contributed by atoms with van der Waals surface area (Å²) in [5.74, 6) is 0.346. The molecule has 10 heteroatoms. The van der Waals surface area contributed by atoms with Crippen LogP contribution >= 0.6 is 11.3 Å². The van der Waals surface area contributed by atoms with Gasteiger partial charge in [0.15, 0.2) is 0 Å². The molecule has 1 aliphatic heterocycles. The van der Waals surface area contributed by atoms with Crippen molar-refractivity contribution in [3.63, 3.8) is 0 Å². The summed E-state index contributed by atoms with van der Waals surface area (Å²) in [5.41, 5.74) is 1.77. The summed E-state index contributed by atoms with van der Waals surface area (Å²) in [6.45, 7) is 6.19. The van der Waals surface area contributed by atoms with Gasteiger partial charge in [0.2, 0.25) is 27.6 Å². The standard InChI is InChI=1S/C22H26N4O4S2/c1-4-20-24-21(25-30-20)18-12-19(15(3)31-18)32(28,29)26-10-6-8-16(13-26)22(27)23-17-9-5-7-14(2)11-17/h5,7,9,11-12,16H,4,6,8,10,13H2,1-3H3,(H,23,27). The van der Waals surface area contributed by atoms with Gasteiger partial charge in [0.25, 0.3) is 0 Å². The molecular formula is C22H26N4O4S2. The number of nitrogens with one attached hydrogen (secondary N) is 1. The van der Waals surface area contributed by atoms with Crippen LogP contribution in [0.2, 0.25) is 0 Å². The molecule has 3 heterocycles. The van der Waals surface area contributed by atoms with Gasteiger partial charge in [-0.3, -0.25) is 4.79 Å². The molecule has 0 saturated carbocycles. The largest absolute Gasteiger partial charge is 0.339 e. The average Bonchev–Trinajstić information content (AvgIpc) is 3.40. The van der Waals surface area contributed by atoms with Crippen LogP contribution in [-0.4, -0.2) is 41.9 Å². The molecule has 0 radical (unpaired) electrons. The van der Waals surface area contributed by atoms with Gasteiger partial charge >= 0.3 is 0 Å². The van der Waals surface area contributed by atoms with Crippen molar-refractivity contribution in [2.75, 3.05) is 18.4 Å². The second kappa shape index (κ2) is 9.13. The smallest absolute Gasteiger partial charge is 0.244 e. The Labute approximate surface area is 191 Å². The molecule has 4 rings (SSSR count). The summed E-state index contributed by atoms with van der Waals surface area (Å²) in [4.78, 5) is 18.7. The number of nitrogens with zero attached hydrogens (tertiary/aromatic N) is 3. The maximum Gasteiger partial charge on any atom is 0.244 e. The van der Waals surface area contributed by atoms with E-state index < -0.39 is 15.9 Å². The maximum atomic E-state index is 13.4. The zero-order valence-electron chi connectivity index (χ0n) is 18.3. The molecule has 1 N–H and O–H groups in total. The van der Waals surface area contributed by atoms with E-state index in [1.165, 1.54) is 15.6 Å². The van der Waals surface area contributed by atoms with Crippen LogP contribution in [-0.2, 0) is 21.2 Å². The van der Waals surface area contributed by atoms with Crippen LogP contribution < -0.4 is 5.32 Å². The first-order valence-corrected chi connectivity index (χ1v) is 12.8. The van der Waals surface area contributed by atoms with Crippen molar-refractivity contribution >= 4 is 33.0 Å². The first-order chi connectivity index (χ1) is 15.3. The Morgan fingerprint density at radius 1 is 1.31 bits per heavy atom. The number of carbonyl (C=O) groups excluding carboxylic acids is 1. The molecule has 0 spiro atoms. The number of hydrogen-bond donors (Lipinski definition) is 1. The normalized spacial score (nSPS) is 17.4. The van der Waals surface area contributed by atoms with Crippen LogP contribution in [0.5, 0.6) is 0 Å². The van der Waals surface area contributed by atoms with Crippen LogP contribution in [0.3, 0.4) is 0 Å². The lowest BCUT2D eigenvalue weighted by Crippen LogP contribution is -2.43. The highest BCUT2D eigenvalue weighted by Gasteiger charge is 2.35. The van der Waals surface area contributed by atoms with Crippen molar-refractivity contribution in [1.82, 2.24) is 14.4 Å². The minimum Gasteiger partial charge on any atom is -0.339 e. The van der Waals surface area contributed by atoms with Gasteiger partial charge in [-0.1, -0.05) is 24.2 Å². The summed E-state index contributed by atoms with van der Waals surface area (Å²) in [7, 11) is -3.75. The molecule has 0 aliphatic carbocycles. The number of benzene rings is 1. The van der Waals surface area contributed by atoms with Gasteiger partial charge in [-0.15, -0.1) is 11.3 Å². The molecule has 1 fully saturated rings. The van der Waals surface area contributed by atoms with Crippen molar-refractivity contribution < 1.29 is 17.7 Å². The monoisotopic (exact) mass is 474 g/mol. The number of thiophene rings is 1. The third-order valence-electron chi connectivity index (χ3n) is 5.52. The molecule has 1 unspecified atom stereocenters. The number of sulfonamides is 1. The van der Waals surface area contributed by atoms with Crippen molar-refractivity contribution in [3.05, 3.63) is 46.7 Å². The molecule has 3 aromatic rings. The Kier molecular flexibility index (Phi) is 6.45. The fourth-order valence-corrected chi connectivity index (χ4v) is 6.82. The van der Waals surface area contributed by atoms with Crippen molar-refractivity contribution in [2.24, 2.45) is 5.92 Å². The molecule has 8 nitrogen and oxygen atoms in total. The van der Waals surface area contributed by atoms with Gasteiger partial charge in [-0.25, -0.2) is 8.42 Å². The number of aromatic nitrogens is 2. The molecule has 1 saturated heterocycles. The topological polar surface area (TPSA) is 105 Å². The van der Waals surface area contributed by atoms with Gasteiger partial charge in [0, 0.05) is 30.1 Å². The number of carbonyl (C=O) groups is 1. The molecule has 32 heavy (non-hydrogen) atoms. The van der Waals surface area contributed by atoms with Crippen LogP contribution in [0.15, 0.2) is 39.8 Å². The van der Waals surface area contributed by atoms with Crippen molar-refractivity contribution in [1.29, 1.82) is 0 Å². The van der Waals surface area contributed by atoms with Crippen LogP contribution in [0, 0.1) is 19.8 Å². The third kappa shape index (κ3) is 4.62. The minimum absolute atomic E-state index is 0.155. The van der Waals surface area contributed by atoms with Crippen molar-refractivity contribution in [3.8, 4) is 10.7 Å². The van der Waals surface area contributed by atoms with Gasteiger partial charge < -0.3 is 9.84 Å².